The van der Waals surface area contributed by atoms with Crippen LogP contribution in [0.1, 0.15) is 24.5 Å². The highest BCUT2D eigenvalue weighted by Gasteiger charge is 2.33. The number of nitrogens with zero attached hydrogens (tertiary/aromatic N) is 2. The Kier molecular flexibility index (Phi) is 6.20. The molecule has 0 saturated carbocycles. The average molecular weight is 302 g/mol. The molecule has 3 nitrogen and oxygen atoms in total. The molecule has 21 heavy (non-hydrogen) atoms. The maximum atomic E-state index is 13.0. The third kappa shape index (κ3) is 5.38. The van der Waals surface area contributed by atoms with Crippen molar-refractivity contribution < 1.29 is 18.0 Å². The van der Waals surface area contributed by atoms with Gasteiger partial charge in [0.15, 0.2) is 0 Å². The fourth-order valence-corrected chi connectivity index (χ4v) is 1.98. The van der Waals surface area contributed by atoms with Crippen LogP contribution in [0.25, 0.3) is 0 Å². The van der Waals surface area contributed by atoms with Crippen LogP contribution in [0.2, 0.25) is 0 Å². The van der Waals surface area contributed by atoms with Gasteiger partial charge < -0.3 is 9.80 Å². The molecule has 0 aliphatic heterocycles. The van der Waals surface area contributed by atoms with Crippen LogP contribution < -0.4 is 0 Å². The number of carbonyl (C=O) groups excluding carboxylic acids is 1. The smallest absolute Gasteiger partial charge is 0.337 e. The number of carbonyl (C=O) groups is 1. The lowest BCUT2D eigenvalue weighted by molar-refractivity contribution is -0.140. The average Bonchev–Trinajstić information content (AvgIpc) is 2.41. The number of halogens is 3. The molecule has 0 heterocycles. The van der Waals surface area contributed by atoms with Crippen molar-refractivity contribution in [1.29, 1.82) is 0 Å². The first-order valence-electron chi connectivity index (χ1n) is 6.83. The van der Waals surface area contributed by atoms with E-state index < -0.39 is 11.7 Å². The molecule has 0 aromatic heterocycles. The molecule has 1 amide bonds. The number of rotatable bonds is 6. The zero-order valence-corrected chi connectivity index (χ0v) is 12.6. The molecule has 0 atom stereocenters. The maximum absolute atomic E-state index is 13.0. The largest absolute Gasteiger partial charge is 0.416 e. The Balaban J connectivity index is 2.96. The Morgan fingerprint density at radius 3 is 2.29 bits per heavy atom. The Morgan fingerprint density at radius 1 is 1.14 bits per heavy atom. The summed E-state index contributed by atoms with van der Waals surface area (Å²) in [4.78, 5) is 15.3. The lowest BCUT2D eigenvalue weighted by Crippen LogP contribution is -2.36. The number of benzene rings is 1. The minimum atomic E-state index is -4.40. The first-order valence-corrected chi connectivity index (χ1v) is 6.83. The molecule has 0 aliphatic carbocycles. The van der Waals surface area contributed by atoms with E-state index in [0.717, 1.165) is 6.07 Å². The fraction of sp³-hybridized carbons (Fsp3) is 0.533. The molecule has 6 heteroatoms. The third-order valence-corrected chi connectivity index (χ3v) is 3.16. The van der Waals surface area contributed by atoms with Crippen LogP contribution in [-0.4, -0.2) is 42.9 Å². The van der Waals surface area contributed by atoms with E-state index in [1.807, 2.05) is 19.0 Å². The Morgan fingerprint density at radius 2 is 1.76 bits per heavy atom. The van der Waals surface area contributed by atoms with Crippen LogP contribution in [-0.2, 0) is 17.5 Å². The summed E-state index contributed by atoms with van der Waals surface area (Å²) in [7, 11) is 3.72. The summed E-state index contributed by atoms with van der Waals surface area (Å²) in [5, 5.41) is 0. The van der Waals surface area contributed by atoms with Gasteiger partial charge in [0.2, 0.25) is 5.91 Å². The quantitative estimate of drug-likeness (QED) is 0.806. The summed E-state index contributed by atoms with van der Waals surface area (Å²) in [5.74, 6) is -0.145. The number of likely N-dealkylation sites (N-methyl/N-ethyl adjacent to an activating group) is 1. The second kappa shape index (κ2) is 7.45. The highest BCUT2D eigenvalue weighted by molar-refractivity contribution is 5.75. The fourth-order valence-electron chi connectivity index (χ4n) is 1.98. The van der Waals surface area contributed by atoms with Gasteiger partial charge in [0.05, 0.1) is 5.56 Å². The van der Waals surface area contributed by atoms with Gasteiger partial charge in [-0.05, 0) is 25.7 Å². The van der Waals surface area contributed by atoms with E-state index in [-0.39, 0.29) is 24.4 Å². The molecule has 1 rings (SSSR count). The van der Waals surface area contributed by atoms with Crippen LogP contribution in [0, 0.1) is 0 Å². The van der Waals surface area contributed by atoms with Gasteiger partial charge in [-0.2, -0.15) is 13.2 Å². The van der Waals surface area contributed by atoms with E-state index >= 15 is 0 Å². The van der Waals surface area contributed by atoms with Gasteiger partial charge in [-0.25, -0.2) is 0 Å². The van der Waals surface area contributed by atoms with Gasteiger partial charge in [-0.15, -0.1) is 0 Å². The molecule has 1 aromatic carbocycles. The minimum Gasteiger partial charge on any atom is -0.337 e. The number of alkyl halides is 3. The number of hydrogen-bond donors (Lipinski definition) is 0. The molecule has 0 saturated heterocycles. The molecule has 0 unspecified atom stereocenters. The minimum absolute atomic E-state index is 0.0177. The van der Waals surface area contributed by atoms with Crippen molar-refractivity contribution in [3.63, 3.8) is 0 Å². The molecule has 0 spiro atoms. The SMILES string of the molecule is CCC(=O)N(CCN(C)C)Cc1ccccc1C(F)(F)F. The topological polar surface area (TPSA) is 23.6 Å². The first kappa shape index (κ1) is 17.5. The molecule has 0 bridgehead atoms. The van der Waals surface area contributed by atoms with Crippen LogP contribution in [0.15, 0.2) is 24.3 Å². The van der Waals surface area contributed by atoms with E-state index in [4.69, 9.17) is 0 Å². The van der Waals surface area contributed by atoms with E-state index in [1.165, 1.54) is 17.0 Å². The predicted octanol–water partition coefficient (Wildman–Crippen LogP) is 3.01. The van der Waals surface area contributed by atoms with Gasteiger partial charge in [0.1, 0.15) is 0 Å². The van der Waals surface area contributed by atoms with E-state index in [9.17, 15) is 18.0 Å². The summed E-state index contributed by atoms with van der Waals surface area (Å²) >= 11 is 0. The van der Waals surface area contributed by atoms with E-state index in [0.29, 0.717) is 13.1 Å². The molecular formula is C15H21F3N2O. The van der Waals surface area contributed by atoms with E-state index in [1.54, 1.807) is 13.0 Å². The second-order valence-corrected chi connectivity index (χ2v) is 5.13. The van der Waals surface area contributed by atoms with Crippen LogP contribution in [0.4, 0.5) is 13.2 Å². The van der Waals surface area contributed by atoms with Gasteiger partial charge in [0, 0.05) is 26.1 Å². The Labute approximate surface area is 123 Å². The summed E-state index contributed by atoms with van der Waals surface area (Å²) in [5.41, 5.74) is -0.547. The van der Waals surface area contributed by atoms with Crippen molar-refractivity contribution in [2.45, 2.75) is 26.1 Å². The first-order chi connectivity index (χ1) is 9.75. The van der Waals surface area contributed by atoms with Crippen LogP contribution in [0.5, 0.6) is 0 Å². The highest BCUT2D eigenvalue weighted by atomic mass is 19.4. The highest BCUT2D eigenvalue weighted by Crippen LogP contribution is 2.32. The van der Waals surface area contributed by atoms with Crippen LogP contribution in [0.3, 0.4) is 0 Å². The van der Waals surface area contributed by atoms with Gasteiger partial charge in [0.25, 0.3) is 0 Å². The van der Waals surface area contributed by atoms with Crippen molar-refractivity contribution >= 4 is 5.91 Å². The molecular weight excluding hydrogens is 281 g/mol. The lowest BCUT2D eigenvalue weighted by atomic mass is 10.1. The Bertz CT molecular complexity index is 472. The van der Waals surface area contributed by atoms with E-state index in [2.05, 4.69) is 0 Å². The van der Waals surface area contributed by atoms with Gasteiger partial charge in [-0.3, -0.25) is 4.79 Å². The molecule has 0 fully saturated rings. The van der Waals surface area contributed by atoms with Crippen molar-refractivity contribution in [3.8, 4) is 0 Å². The third-order valence-electron chi connectivity index (χ3n) is 3.16. The van der Waals surface area contributed by atoms with Crippen molar-refractivity contribution in [2.75, 3.05) is 27.2 Å². The zero-order chi connectivity index (χ0) is 16.0. The maximum Gasteiger partial charge on any atom is 0.416 e. The van der Waals surface area contributed by atoms with Crippen molar-refractivity contribution in [2.24, 2.45) is 0 Å². The molecule has 0 aliphatic rings. The summed E-state index contributed by atoms with van der Waals surface area (Å²) in [6.45, 7) is 2.71. The summed E-state index contributed by atoms with van der Waals surface area (Å²) < 4.78 is 39.0. The molecule has 0 N–H and O–H groups in total. The standard InChI is InChI=1S/C15H21F3N2O/c1-4-14(21)20(10-9-19(2)3)11-12-7-5-6-8-13(12)15(16,17)18/h5-8H,4,9-11H2,1-3H3. The van der Waals surface area contributed by atoms with Gasteiger partial charge >= 0.3 is 6.18 Å². The van der Waals surface area contributed by atoms with Crippen molar-refractivity contribution in [1.82, 2.24) is 9.80 Å². The van der Waals surface area contributed by atoms with Crippen LogP contribution >= 0.6 is 0 Å². The van der Waals surface area contributed by atoms with Gasteiger partial charge in [-0.1, -0.05) is 25.1 Å². The number of hydrogen-bond acceptors (Lipinski definition) is 2. The normalized spacial score (nSPS) is 11.8. The second-order valence-electron chi connectivity index (χ2n) is 5.13. The Hall–Kier alpha value is -1.56. The van der Waals surface area contributed by atoms with Crippen molar-refractivity contribution in [3.05, 3.63) is 35.4 Å². The summed E-state index contributed by atoms with van der Waals surface area (Å²) in [6.07, 6.45) is -4.12. The zero-order valence-electron chi connectivity index (χ0n) is 12.6. The molecule has 118 valence electrons. The monoisotopic (exact) mass is 302 g/mol. The summed E-state index contributed by atoms with van der Waals surface area (Å²) in [6, 6.07) is 5.40. The number of amides is 1. The predicted molar refractivity (Wildman–Crippen MR) is 75.7 cm³/mol. The molecule has 0 radical (unpaired) electrons. The lowest BCUT2D eigenvalue weighted by Gasteiger charge is -2.25. The molecule has 1 aromatic rings.